The van der Waals surface area contributed by atoms with E-state index in [0.717, 1.165) is 5.92 Å². The van der Waals surface area contributed by atoms with Crippen molar-refractivity contribution in [1.82, 2.24) is 0 Å². The first-order valence-electron chi connectivity index (χ1n) is 2.93. The zero-order valence-corrected chi connectivity index (χ0v) is 4.41. The maximum Gasteiger partial charge on any atom is 0.101 e. The first kappa shape index (κ1) is 4.23. The molecule has 1 aliphatic carbocycles. The highest BCUT2D eigenvalue weighted by molar-refractivity contribution is 6.08. The summed E-state index contributed by atoms with van der Waals surface area (Å²) >= 11 is 0. The SMILES string of the molecule is BCCC1CC1. The molecule has 0 spiro atoms. The van der Waals surface area contributed by atoms with Gasteiger partial charge in [0.15, 0.2) is 0 Å². The van der Waals surface area contributed by atoms with E-state index in [9.17, 15) is 0 Å². The van der Waals surface area contributed by atoms with Crippen LogP contribution in [-0.4, -0.2) is 7.85 Å². The van der Waals surface area contributed by atoms with Gasteiger partial charge in [0.2, 0.25) is 0 Å². The van der Waals surface area contributed by atoms with E-state index < -0.39 is 0 Å². The zero-order valence-electron chi connectivity index (χ0n) is 4.41. The van der Waals surface area contributed by atoms with Gasteiger partial charge in [-0.15, -0.1) is 0 Å². The second-order valence-corrected chi connectivity index (χ2v) is 2.23. The van der Waals surface area contributed by atoms with Crippen LogP contribution in [-0.2, 0) is 0 Å². The predicted molar refractivity (Wildman–Crippen MR) is 30.7 cm³/mol. The Morgan fingerprint density at radius 3 is 2.33 bits per heavy atom. The van der Waals surface area contributed by atoms with Crippen molar-refractivity contribution < 1.29 is 0 Å². The average Bonchev–Trinajstić information content (AvgIpc) is 2.21. The average molecular weight is 82.0 g/mol. The molecule has 0 unspecified atom stereocenters. The molecule has 0 heterocycles. The molecule has 0 nitrogen and oxygen atoms in total. The van der Waals surface area contributed by atoms with Gasteiger partial charge in [0.1, 0.15) is 7.85 Å². The molecule has 0 atom stereocenters. The lowest BCUT2D eigenvalue weighted by molar-refractivity contribution is 0.798. The summed E-state index contributed by atoms with van der Waals surface area (Å²) in [5.74, 6) is 1.15. The molecule has 0 radical (unpaired) electrons. The monoisotopic (exact) mass is 82.1 g/mol. The largest absolute Gasteiger partial charge is 0.101 e. The minimum Gasteiger partial charge on any atom is -0.0808 e. The highest BCUT2D eigenvalue weighted by Crippen LogP contribution is 2.32. The normalized spacial score (nSPS) is 21.3. The molecular weight excluding hydrogens is 70.9 g/mol. The van der Waals surface area contributed by atoms with Crippen molar-refractivity contribution in [3.8, 4) is 0 Å². The quantitative estimate of drug-likeness (QED) is 0.433. The first-order chi connectivity index (χ1) is 2.93. The Bertz CT molecular complexity index is 39.2. The highest BCUT2D eigenvalue weighted by Gasteiger charge is 2.18. The molecule has 0 aliphatic heterocycles. The third kappa shape index (κ3) is 1.04. The highest BCUT2D eigenvalue weighted by atomic mass is 14.2. The molecule has 0 bridgehead atoms. The minimum atomic E-state index is 1.15. The van der Waals surface area contributed by atoms with Crippen LogP contribution in [0.4, 0.5) is 0 Å². The predicted octanol–water partition coefficient (Wildman–Crippen LogP) is 0.838. The van der Waals surface area contributed by atoms with Gasteiger partial charge in [0.05, 0.1) is 0 Å². The molecule has 6 heavy (non-hydrogen) atoms. The van der Waals surface area contributed by atoms with Crippen LogP contribution in [0.15, 0.2) is 0 Å². The van der Waals surface area contributed by atoms with Crippen molar-refractivity contribution in [3.05, 3.63) is 0 Å². The fraction of sp³-hybridized carbons (Fsp3) is 1.00. The van der Waals surface area contributed by atoms with Crippen LogP contribution < -0.4 is 0 Å². The first-order valence-corrected chi connectivity index (χ1v) is 2.93. The minimum absolute atomic E-state index is 1.15. The summed E-state index contributed by atoms with van der Waals surface area (Å²) in [6, 6.07) is 0. The summed E-state index contributed by atoms with van der Waals surface area (Å²) in [5.41, 5.74) is 0. The van der Waals surface area contributed by atoms with E-state index >= 15 is 0 Å². The standard InChI is InChI=1S/C5H11B/c6-4-3-5-1-2-5/h5H,1-4,6H2. The molecule has 1 rings (SSSR count). The van der Waals surface area contributed by atoms with Gasteiger partial charge >= 0.3 is 0 Å². The van der Waals surface area contributed by atoms with Crippen molar-refractivity contribution in [2.75, 3.05) is 0 Å². The Morgan fingerprint density at radius 2 is 2.17 bits per heavy atom. The fourth-order valence-corrected chi connectivity index (χ4v) is 0.815. The van der Waals surface area contributed by atoms with Gasteiger partial charge in [-0.2, -0.15) is 0 Å². The summed E-state index contributed by atoms with van der Waals surface area (Å²) in [5, 5.41) is 0. The van der Waals surface area contributed by atoms with Crippen LogP contribution in [0.2, 0.25) is 6.32 Å². The van der Waals surface area contributed by atoms with E-state index in [1.54, 1.807) is 0 Å². The molecule has 34 valence electrons. The van der Waals surface area contributed by atoms with E-state index in [4.69, 9.17) is 0 Å². The van der Waals surface area contributed by atoms with Crippen LogP contribution in [0.3, 0.4) is 0 Å². The number of hydrogen-bond acceptors (Lipinski definition) is 0. The lowest BCUT2D eigenvalue weighted by Gasteiger charge is -1.82. The van der Waals surface area contributed by atoms with Crippen molar-refractivity contribution in [2.45, 2.75) is 25.6 Å². The Balaban J connectivity index is 1.88. The van der Waals surface area contributed by atoms with Gasteiger partial charge in [-0.1, -0.05) is 25.6 Å². The molecular formula is C5H11B. The Hall–Kier alpha value is 0.0649. The molecule has 0 saturated heterocycles. The molecule has 0 aromatic heterocycles. The third-order valence-corrected chi connectivity index (χ3v) is 1.39. The van der Waals surface area contributed by atoms with Crippen LogP contribution in [0.5, 0.6) is 0 Å². The molecule has 0 aromatic carbocycles. The Labute approximate surface area is 40.3 Å². The van der Waals surface area contributed by atoms with Gasteiger partial charge in [0, 0.05) is 0 Å². The fourth-order valence-electron chi connectivity index (χ4n) is 0.815. The summed E-state index contributed by atoms with van der Waals surface area (Å²) in [7, 11) is 2.26. The molecule has 1 aliphatic rings. The van der Waals surface area contributed by atoms with E-state index in [1.165, 1.54) is 25.6 Å². The molecule has 1 saturated carbocycles. The van der Waals surface area contributed by atoms with Crippen molar-refractivity contribution in [1.29, 1.82) is 0 Å². The molecule has 0 N–H and O–H groups in total. The maximum atomic E-state index is 2.26. The van der Waals surface area contributed by atoms with Crippen LogP contribution in [0.25, 0.3) is 0 Å². The van der Waals surface area contributed by atoms with E-state index in [0.29, 0.717) is 0 Å². The molecule has 1 fully saturated rings. The van der Waals surface area contributed by atoms with E-state index in [-0.39, 0.29) is 0 Å². The summed E-state index contributed by atoms with van der Waals surface area (Å²) in [4.78, 5) is 0. The van der Waals surface area contributed by atoms with E-state index in [2.05, 4.69) is 7.85 Å². The van der Waals surface area contributed by atoms with Gasteiger partial charge in [0.25, 0.3) is 0 Å². The summed E-state index contributed by atoms with van der Waals surface area (Å²) in [6.45, 7) is 0. The maximum absolute atomic E-state index is 2.26. The van der Waals surface area contributed by atoms with Crippen molar-refractivity contribution >= 4 is 7.85 Å². The lowest BCUT2D eigenvalue weighted by Crippen LogP contribution is -1.71. The Morgan fingerprint density at radius 1 is 1.50 bits per heavy atom. The zero-order chi connectivity index (χ0) is 4.41. The molecule has 0 amide bonds. The van der Waals surface area contributed by atoms with Crippen molar-refractivity contribution in [3.63, 3.8) is 0 Å². The van der Waals surface area contributed by atoms with Gasteiger partial charge in [-0.3, -0.25) is 0 Å². The summed E-state index contributed by atoms with van der Waals surface area (Å²) < 4.78 is 0. The molecule has 0 aromatic rings. The van der Waals surface area contributed by atoms with Gasteiger partial charge < -0.3 is 0 Å². The third-order valence-electron chi connectivity index (χ3n) is 1.39. The number of rotatable bonds is 2. The van der Waals surface area contributed by atoms with Gasteiger partial charge in [-0.05, 0) is 5.92 Å². The van der Waals surface area contributed by atoms with Crippen LogP contribution in [0, 0.1) is 5.92 Å². The Kier molecular flexibility index (Phi) is 1.18. The van der Waals surface area contributed by atoms with Gasteiger partial charge in [-0.25, -0.2) is 0 Å². The summed E-state index contributed by atoms with van der Waals surface area (Å²) in [6.07, 6.45) is 5.92. The lowest BCUT2D eigenvalue weighted by atomic mass is 10.00. The topological polar surface area (TPSA) is 0 Å². The van der Waals surface area contributed by atoms with E-state index in [1.807, 2.05) is 0 Å². The van der Waals surface area contributed by atoms with Crippen LogP contribution >= 0.6 is 0 Å². The number of hydrogen-bond donors (Lipinski definition) is 0. The molecule has 1 heteroatoms. The van der Waals surface area contributed by atoms with Crippen LogP contribution in [0.1, 0.15) is 19.3 Å². The smallest absolute Gasteiger partial charge is 0.0808 e. The van der Waals surface area contributed by atoms with Crippen molar-refractivity contribution in [2.24, 2.45) is 5.92 Å². The second kappa shape index (κ2) is 1.68. The second-order valence-electron chi connectivity index (χ2n) is 2.23.